The monoisotopic (exact) mass is 295 g/mol. The van der Waals surface area contributed by atoms with Crippen molar-refractivity contribution in [1.82, 2.24) is 5.32 Å². The molecule has 0 bridgehead atoms. The van der Waals surface area contributed by atoms with E-state index in [0.717, 1.165) is 11.3 Å². The van der Waals surface area contributed by atoms with Crippen LogP contribution in [0.1, 0.15) is 24.0 Å². The molecule has 20 heavy (non-hydrogen) atoms. The van der Waals surface area contributed by atoms with Crippen molar-refractivity contribution < 1.29 is 9.84 Å². The molecule has 1 aromatic carbocycles. The number of aliphatic hydroxyl groups excluding tert-OH is 1. The van der Waals surface area contributed by atoms with E-state index in [2.05, 4.69) is 18.3 Å². The molecular formula is C16H25NO2S. The largest absolute Gasteiger partial charge is 0.491 e. The summed E-state index contributed by atoms with van der Waals surface area (Å²) >= 11 is 2.02. The van der Waals surface area contributed by atoms with E-state index in [9.17, 15) is 5.11 Å². The van der Waals surface area contributed by atoms with Gasteiger partial charge in [0.05, 0.1) is 0 Å². The van der Waals surface area contributed by atoms with Gasteiger partial charge in [-0.25, -0.2) is 0 Å². The van der Waals surface area contributed by atoms with E-state index in [0.29, 0.717) is 19.2 Å². The van der Waals surface area contributed by atoms with E-state index in [-0.39, 0.29) is 0 Å². The van der Waals surface area contributed by atoms with Crippen molar-refractivity contribution in [2.24, 2.45) is 0 Å². The molecule has 0 aliphatic carbocycles. The molecule has 112 valence electrons. The molecule has 2 N–H and O–H groups in total. The minimum atomic E-state index is -0.453. The molecule has 1 aliphatic heterocycles. The summed E-state index contributed by atoms with van der Waals surface area (Å²) in [5, 5.41) is 13.4. The fraction of sp³-hybridized carbons (Fsp3) is 0.625. The van der Waals surface area contributed by atoms with Gasteiger partial charge in [-0.1, -0.05) is 17.7 Å². The highest BCUT2D eigenvalue weighted by Crippen LogP contribution is 2.19. The van der Waals surface area contributed by atoms with Gasteiger partial charge in [0.15, 0.2) is 0 Å². The fourth-order valence-corrected chi connectivity index (χ4v) is 3.52. The van der Waals surface area contributed by atoms with Crippen molar-refractivity contribution in [3.05, 3.63) is 29.3 Å². The second-order valence-corrected chi connectivity index (χ2v) is 6.75. The molecule has 0 aromatic heterocycles. The van der Waals surface area contributed by atoms with E-state index in [1.54, 1.807) is 0 Å². The van der Waals surface area contributed by atoms with Crippen LogP contribution in [0.5, 0.6) is 5.75 Å². The van der Waals surface area contributed by atoms with Gasteiger partial charge < -0.3 is 15.2 Å². The SMILES string of the molecule is Cc1ccc(OC[C@@H](O)CNC2CCSCC2)c(C)c1. The molecule has 0 spiro atoms. The van der Waals surface area contributed by atoms with Crippen LogP contribution in [0.2, 0.25) is 0 Å². The molecule has 1 saturated heterocycles. The van der Waals surface area contributed by atoms with Gasteiger partial charge in [0.1, 0.15) is 18.5 Å². The standard InChI is InChI=1S/C16H25NO2S/c1-12-3-4-16(13(2)9-12)19-11-15(18)10-17-14-5-7-20-8-6-14/h3-4,9,14-15,17-18H,5-8,10-11H2,1-2H3/t15-/m0/s1. The first-order valence-corrected chi connectivity index (χ1v) is 8.50. The Bertz CT molecular complexity index is 419. The summed E-state index contributed by atoms with van der Waals surface area (Å²) in [6.07, 6.45) is 1.95. The van der Waals surface area contributed by atoms with E-state index in [1.807, 2.05) is 30.8 Å². The van der Waals surface area contributed by atoms with Gasteiger partial charge in [-0.15, -0.1) is 0 Å². The lowest BCUT2D eigenvalue weighted by Gasteiger charge is -2.24. The maximum atomic E-state index is 9.99. The van der Waals surface area contributed by atoms with Crippen LogP contribution in [-0.2, 0) is 0 Å². The van der Waals surface area contributed by atoms with Gasteiger partial charge in [0, 0.05) is 12.6 Å². The van der Waals surface area contributed by atoms with Crippen LogP contribution < -0.4 is 10.1 Å². The smallest absolute Gasteiger partial charge is 0.122 e. The summed E-state index contributed by atoms with van der Waals surface area (Å²) in [6.45, 7) is 5.06. The Morgan fingerprint density at radius 1 is 1.35 bits per heavy atom. The lowest BCUT2D eigenvalue weighted by molar-refractivity contribution is 0.103. The molecule has 0 amide bonds. The van der Waals surface area contributed by atoms with Crippen LogP contribution in [0.3, 0.4) is 0 Å². The van der Waals surface area contributed by atoms with E-state index < -0.39 is 6.10 Å². The number of benzene rings is 1. The molecule has 1 fully saturated rings. The molecule has 4 heteroatoms. The lowest BCUT2D eigenvalue weighted by Crippen LogP contribution is -2.39. The minimum Gasteiger partial charge on any atom is -0.491 e. The van der Waals surface area contributed by atoms with Gasteiger partial charge >= 0.3 is 0 Å². The quantitative estimate of drug-likeness (QED) is 0.846. The van der Waals surface area contributed by atoms with Gasteiger partial charge in [-0.3, -0.25) is 0 Å². The van der Waals surface area contributed by atoms with Crippen molar-refractivity contribution in [1.29, 1.82) is 0 Å². The number of nitrogens with one attached hydrogen (secondary N) is 1. The van der Waals surface area contributed by atoms with Crippen LogP contribution in [0.4, 0.5) is 0 Å². The molecule has 3 nitrogen and oxygen atoms in total. The van der Waals surface area contributed by atoms with Crippen molar-refractivity contribution in [2.75, 3.05) is 24.7 Å². The van der Waals surface area contributed by atoms with Crippen molar-refractivity contribution >= 4 is 11.8 Å². The maximum absolute atomic E-state index is 9.99. The van der Waals surface area contributed by atoms with E-state index in [4.69, 9.17) is 4.74 Å². The molecule has 1 aliphatic rings. The Morgan fingerprint density at radius 2 is 2.10 bits per heavy atom. The van der Waals surface area contributed by atoms with Gasteiger partial charge in [0.25, 0.3) is 0 Å². The third-order valence-electron chi connectivity index (χ3n) is 3.63. The number of hydrogen-bond donors (Lipinski definition) is 2. The first kappa shape index (κ1) is 15.7. The summed E-state index contributed by atoms with van der Waals surface area (Å²) in [5.74, 6) is 3.32. The fourth-order valence-electron chi connectivity index (χ4n) is 2.41. The van der Waals surface area contributed by atoms with Crippen LogP contribution in [0.25, 0.3) is 0 Å². The van der Waals surface area contributed by atoms with E-state index in [1.165, 1.54) is 29.9 Å². The maximum Gasteiger partial charge on any atom is 0.122 e. The number of aliphatic hydroxyl groups is 1. The Morgan fingerprint density at radius 3 is 2.80 bits per heavy atom. The van der Waals surface area contributed by atoms with Gasteiger partial charge in [-0.05, 0) is 49.8 Å². The highest BCUT2D eigenvalue weighted by atomic mass is 32.2. The molecule has 1 atom stereocenters. The molecule has 1 aromatic rings. The topological polar surface area (TPSA) is 41.5 Å². The van der Waals surface area contributed by atoms with Crippen molar-refractivity contribution in [3.8, 4) is 5.75 Å². The van der Waals surface area contributed by atoms with Crippen LogP contribution in [-0.4, -0.2) is 41.9 Å². The number of thioether (sulfide) groups is 1. The molecule has 0 saturated carbocycles. The highest BCUT2D eigenvalue weighted by Gasteiger charge is 2.15. The van der Waals surface area contributed by atoms with Gasteiger partial charge in [0.2, 0.25) is 0 Å². The zero-order chi connectivity index (χ0) is 14.4. The number of rotatable bonds is 6. The summed E-state index contributed by atoms with van der Waals surface area (Å²) in [6, 6.07) is 6.67. The zero-order valence-electron chi connectivity index (χ0n) is 12.4. The third-order valence-corrected chi connectivity index (χ3v) is 4.67. The number of ether oxygens (including phenoxy) is 1. The predicted octanol–water partition coefficient (Wildman–Crippen LogP) is 2.53. The Balaban J connectivity index is 1.70. The highest BCUT2D eigenvalue weighted by molar-refractivity contribution is 7.99. The Kier molecular flexibility index (Phi) is 6.20. The zero-order valence-corrected chi connectivity index (χ0v) is 13.2. The van der Waals surface area contributed by atoms with Crippen molar-refractivity contribution in [3.63, 3.8) is 0 Å². The second-order valence-electron chi connectivity index (χ2n) is 5.53. The average Bonchev–Trinajstić information content (AvgIpc) is 2.45. The van der Waals surface area contributed by atoms with Crippen molar-refractivity contribution in [2.45, 2.75) is 38.8 Å². The molecular weight excluding hydrogens is 270 g/mol. The summed E-state index contributed by atoms with van der Waals surface area (Å²) in [7, 11) is 0. The van der Waals surface area contributed by atoms with Crippen LogP contribution >= 0.6 is 11.8 Å². The Hall–Kier alpha value is -0.710. The predicted molar refractivity (Wildman–Crippen MR) is 85.8 cm³/mol. The molecule has 1 heterocycles. The van der Waals surface area contributed by atoms with Gasteiger partial charge in [-0.2, -0.15) is 11.8 Å². The normalized spacial score (nSPS) is 17.9. The summed E-state index contributed by atoms with van der Waals surface area (Å²) in [4.78, 5) is 0. The molecule has 0 radical (unpaired) electrons. The Labute approximate surface area is 126 Å². The van der Waals surface area contributed by atoms with Crippen LogP contribution in [0, 0.1) is 13.8 Å². The first-order chi connectivity index (χ1) is 9.65. The number of aryl methyl sites for hydroxylation is 2. The summed E-state index contributed by atoms with van der Waals surface area (Å²) < 4.78 is 5.70. The third kappa shape index (κ3) is 5.00. The second kappa shape index (κ2) is 7.91. The molecule has 2 rings (SSSR count). The van der Waals surface area contributed by atoms with E-state index >= 15 is 0 Å². The summed E-state index contributed by atoms with van der Waals surface area (Å²) in [5.41, 5.74) is 2.35. The lowest BCUT2D eigenvalue weighted by atomic mass is 10.1. The average molecular weight is 295 g/mol. The minimum absolute atomic E-state index is 0.346. The molecule has 0 unspecified atom stereocenters. The number of hydrogen-bond acceptors (Lipinski definition) is 4. The first-order valence-electron chi connectivity index (χ1n) is 7.34. The van der Waals surface area contributed by atoms with Crippen LogP contribution in [0.15, 0.2) is 18.2 Å².